The molecule has 5 aromatic rings. The Bertz CT molecular complexity index is 1340. The van der Waals surface area contributed by atoms with Crippen LogP contribution in [0.15, 0.2) is 54.9 Å². The molecule has 144 valence electrons. The standard InChI is InChI=1S/C22H19N5OS/c1-13-8-9-27-12-18(24-20(27)10-13)15-4-6-16(7-5-15)23-21(28)19-11-17-14(2)25-26(3)22(17)29-19/h4-12H,1-3H3,(H,23,28). The van der Waals surface area contributed by atoms with Crippen molar-refractivity contribution in [3.05, 3.63) is 71.0 Å². The maximum Gasteiger partial charge on any atom is 0.265 e. The zero-order chi connectivity index (χ0) is 20.1. The first kappa shape index (κ1) is 17.6. The van der Waals surface area contributed by atoms with Gasteiger partial charge in [0.15, 0.2) is 0 Å². The van der Waals surface area contributed by atoms with Crippen LogP contribution in [0.3, 0.4) is 0 Å². The van der Waals surface area contributed by atoms with Crippen molar-refractivity contribution in [1.82, 2.24) is 19.2 Å². The molecule has 1 N–H and O–H groups in total. The molecule has 5 rings (SSSR count). The van der Waals surface area contributed by atoms with E-state index in [0.717, 1.165) is 38.5 Å². The smallest absolute Gasteiger partial charge is 0.265 e. The minimum absolute atomic E-state index is 0.110. The second-order valence-electron chi connectivity index (χ2n) is 7.17. The van der Waals surface area contributed by atoms with Crippen LogP contribution in [0, 0.1) is 13.8 Å². The molecule has 0 saturated heterocycles. The van der Waals surface area contributed by atoms with Gasteiger partial charge in [0.05, 0.1) is 16.3 Å². The monoisotopic (exact) mass is 401 g/mol. The topological polar surface area (TPSA) is 64.2 Å². The van der Waals surface area contributed by atoms with Crippen LogP contribution in [0.4, 0.5) is 5.69 Å². The van der Waals surface area contributed by atoms with Crippen LogP contribution in [0.25, 0.3) is 27.1 Å². The molecule has 29 heavy (non-hydrogen) atoms. The number of benzene rings is 1. The number of anilines is 1. The van der Waals surface area contributed by atoms with Crippen LogP contribution >= 0.6 is 11.3 Å². The predicted octanol–water partition coefficient (Wildman–Crippen LogP) is 4.82. The molecule has 0 saturated carbocycles. The van der Waals surface area contributed by atoms with Gasteiger partial charge in [-0.1, -0.05) is 12.1 Å². The molecule has 0 aliphatic heterocycles. The molecule has 0 unspecified atom stereocenters. The number of nitrogens with one attached hydrogen (secondary N) is 1. The Labute approximate surface area is 171 Å². The summed E-state index contributed by atoms with van der Waals surface area (Å²) in [7, 11) is 1.90. The van der Waals surface area contributed by atoms with Gasteiger partial charge in [0.1, 0.15) is 10.5 Å². The summed E-state index contributed by atoms with van der Waals surface area (Å²) in [4.78, 5) is 19.0. The number of pyridine rings is 1. The first-order chi connectivity index (χ1) is 14.0. The fraction of sp³-hybridized carbons (Fsp3) is 0.136. The van der Waals surface area contributed by atoms with Gasteiger partial charge < -0.3 is 9.72 Å². The van der Waals surface area contributed by atoms with Gasteiger partial charge in [-0.25, -0.2) is 4.98 Å². The van der Waals surface area contributed by atoms with Gasteiger partial charge in [0, 0.05) is 36.1 Å². The molecule has 0 bridgehead atoms. The Morgan fingerprint density at radius 2 is 1.90 bits per heavy atom. The number of imidazole rings is 1. The molecule has 0 fully saturated rings. The first-order valence-electron chi connectivity index (χ1n) is 9.28. The second-order valence-corrected chi connectivity index (χ2v) is 8.20. The van der Waals surface area contributed by atoms with Gasteiger partial charge >= 0.3 is 0 Å². The summed E-state index contributed by atoms with van der Waals surface area (Å²) in [6.07, 6.45) is 4.02. The molecule has 0 radical (unpaired) electrons. The third-order valence-corrected chi connectivity index (χ3v) is 6.17. The molecule has 0 atom stereocenters. The lowest BCUT2D eigenvalue weighted by atomic mass is 10.1. The SMILES string of the molecule is Cc1ccn2cc(-c3ccc(NC(=O)c4cc5c(C)nn(C)c5s4)cc3)nc2c1. The van der Waals surface area contributed by atoms with Crippen LogP contribution in [0.1, 0.15) is 20.9 Å². The van der Waals surface area contributed by atoms with Gasteiger partial charge in [-0.2, -0.15) is 5.10 Å². The van der Waals surface area contributed by atoms with Gasteiger partial charge in [-0.05, 0) is 49.7 Å². The Hall–Kier alpha value is -3.45. The zero-order valence-electron chi connectivity index (χ0n) is 16.3. The van der Waals surface area contributed by atoms with Crippen molar-refractivity contribution >= 4 is 38.8 Å². The number of carbonyl (C=O) groups excluding carboxylic acids is 1. The molecule has 0 aliphatic carbocycles. The number of nitrogens with zero attached hydrogens (tertiary/aromatic N) is 4. The first-order valence-corrected chi connectivity index (χ1v) is 10.1. The summed E-state index contributed by atoms with van der Waals surface area (Å²) >= 11 is 1.45. The van der Waals surface area contributed by atoms with E-state index in [1.54, 1.807) is 0 Å². The Kier molecular flexibility index (Phi) is 3.99. The lowest BCUT2D eigenvalue weighted by Gasteiger charge is -2.04. The van der Waals surface area contributed by atoms with Crippen molar-refractivity contribution in [1.29, 1.82) is 0 Å². The van der Waals surface area contributed by atoms with Crippen molar-refractivity contribution in [2.24, 2.45) is 7.05 Å². The maximum atomic E-state index is 12.7. The van der Waals surface area contributed by atoms with E-state index in [-0.39, 0.29) is 5.91 Å². The Morgan fingerprint density at radius 3 is 2.66 bits per heavy atom. The second kappa shape index (κ2) is 6.56. The fourth-order valence-electron chi connectivity index (χ4n) is 3.46. The molecule has 1 amide bonds. The molecule has 4 aromatic heterocycles. The summed E-state index contributed by atoms with van der Waals surface area (Å²) in [5.74, 6) is -0.110. The van der Waals surface area contributed by atoms with E-state index < -0.39 is 0 Å². The van der Waals surface area contributed by atoms with E-state index in [2.05, 4.69) is 34.5 Å². The largest absolute Gasteiger partial charge is 0.321 e. The molecular formula is C22H19N5OS. The number of hydrogen-bond donors (Lipinski definition) is 1. The average molecular weight is 401 g/mol. The van der Waals surface area contributed by atoms with Gasteiger partial charge in [0.2, 0.25) is 0 Å². The van der Waals surface area contributed by atoms with Crippen LogP contribution in [-0.4, -0.2) is 25.1 Å². The predicted molar refractivity (Wildman–Crippen MR) is 117 cm³/mol. The number of rotatable bonds is 3. The van der Waals surface area contributed by atoms with Gasteiger partial charge in [-0.3, -0.25) is 9.48 Å². The number of aryl methyl sites for hydroxylation is 3. The van der Waals surface area contributed by atoms with Crippen molar-refractivity contribution in [2.75, 3.05) is 5.32 Å². The number of amides is 1. The summed E-state index contributed by atoms with van der Waals surface area (Å²) in [6.45, 7) is 4.01. The van der Waals surface area contributed by atoms with Crippen molar-refractivity contribution < 1.29 is 4.79 Å². The average Bonchev–Trinajstić information content (AvgIpc) is 3.38. The van der Waals surface area contributed by atoms with E-state index in [1.165, 1.54) is 16.9 Å². The highest BCUT2D eigenvalue weighted by molar-refractivity contribution is 7.20. The third kappa shape index (κ3) is 3.09. The molecule has 0 spiro atoms. The van der Waals surface area contributed by atoms with E-state index >= 15 is 0 Å². The number of fused-ring (bicyclic) bond motifs is 2. The quantitative estimate of drug-likeness (QED) is 0.471. The van der Waals surface area contributed by atoms with E-state index in [4.69, 9.17) is 0 Å². The normalized spacial score (nSPS) is 11.4. The number of carbonyl (C=O) groups is 1. The highest BCUT2D eigenvalue weighted by Crippen LogP contribution is 2.28. The maximum absolute atomic E-state index is 12.7. The van der Waals surface area contributed by atoms with Crippen LogP contribution in [0.2, 0.25) is 0 Å². The zero-order valence-corrected chi connectivity index (χ0v) is 17.1. The van der Waals surface area contributed by atoms with Crippen molar-refractivity contribution in [3.63, 3.8) is 0 Å². The summed E-state index contributed by atoms with van der Waals surface area (Å²) < 4.78 is 3.83. The highest BCUT2D eigenvalue weighted by atomic mass is 32.1. The summed E-state index contributed by atoms with van der Waals surface area (Å²) in [6, 6.07) is 13.8. The van der Waals surface area contributed by atoms with E-state index in [0.29, 0.717) is 4.88 Å². The number of thiophene rings is 1. The van der Waals surface area contributed by atoms with E-state index in [9.17, 15) is 4.79 Å². The molecular weight excluding hydrogens is 382 g/mol. The minimum atomic E-state index is -0.110. The lowest BCUT2D eigenvalue weighted by Crippen LogP contribution is -2.09. The fourth-order valence-corrected chi connectivity index (χ4v) is 4.48. The van der Waals surface area contributed by atoms with Gasteiger partial charge in [0.25, 0.3) is 5.91 Å². The van der Waals surface area contributed by atoms with Crippen LogP contribution in [-0.2, 0) is 7.05 Å². The molecule has 4 heterocycles. The summed E-state index contributed by atoms with van der Waals surface area (Å²) in [5.41, 5.74) is 5.70. The molecule has 1 aromatic carbocycles. The third-order valence-electron chi connectivity index (χ3n) is 4.97. The molecule has 6 nitrogen and oxygen atoms in total. The van der Waals surface area contributed by atoms with Crippen molar-refractivity contribution in [3.8, 4) is 11.3 Å². The summed E-state index contributed by atoms with van der Waals surface area (Å²) in [5, 5.41) is 8.39. The Balaban J connectivity index is 1.37. The molecule has 0 aliphatic rings. The lowest BCUT2D eigenvalue weighted by molar-refractivity contribution is 0.103. The van der Waals surface area contributed by atoms with Crippen LogP contribution < -0.4 is 5.32 Å². The van der Waals surface area contributed by atoms with E-state index in [1.807, 2.05) is 65.8 Å². The number of hydrogen-bond acceptors (Lipinski definition) is 4. The van der Waals surface area contributed by atoms with Gasteiger partial charge in [-0.15, -0.1) is 11.3 Å². The minimum Gasteiger partial charge on any atom is -0.321 e. The highest BCUT2D eigenvalue weighted by Gasteiger charge is 2.15. The molecule has 7 heteroatoms. The van der Waals surface area contributed by atoms with Crippen molar-refractivity contribution in [2.45, 2.75) is 13.8 Å². The van der Waals surface area contributed by atoms with Crippen LogP contribution in [0.5, 0.6) is 0 Å². The number of aromatic nitrogens is 4. The Morgan fingerprint density at radius 1 is 1.10 bits per heavy atom.